The molecule has 0 amide bonds. The second-order valence-electron chi connectivity index (χ2n) is 4.24. The third-order valence-corrected chi connectivity index (χ3v) is 3.08. The third-order valence-electron chi connectivity index (χ3n) is 2.76. The minimum atomic E-state index is -0.558. The topological polar surface area (TPSA) is 52.4 Å². The van der Waals surface area contributed by atoms with E-state index in [1.807, 2.05) is 0 Å². The van der Waals surface area contributed by atoms with Crippen molar-refractivity contribution >= 4 is 17.3 Å². The van der Waals surface area contributed by atoms with Crippen LogP contribution in [0.4, 0.5) is 10.1 Å². The number of halogens is 2. The first-order valence-corrected chi connectivity index (χ1v) is 6.17. The summed E-state index contributed by atoms with van der Waals surface area (Å²) >= 11 is 5.71. The molecule has 0 bridgehead atoms. The zero-order valence-corrected chi connectivity index (χ0v) is 11.4. The number of hydrogen-bond donors (Lipinski definition) is 0. The molecule has 0 aromatic heterocycles. The molecule has 0 N–H and O–H groups in total. The molecule has 0 radical (unpaired) electrons. The molecule has 0 fully saturated rings. The highest BCUT2D eigenvalue weighted by atomic mass is 35.5. The largest absolute Gasteiger partial charge is 0.489 e. The molecule has 6 heteroatoms. The summed E-state index contributed by atoms with van der Waals surface area (Å²) in [5, 5.41) is 10.8. The van der Waals surface area contributed by atoms with Gasteiger partial charge in [-0.3, -0.25) is 10.1 Å². The van der Waals surface area contributed by atoms with E-state index in [1.165, 1.54) is 18.2 Å². The average Bonchev–Trinajstić information content (AvgIpc) is 2.41. The Hall–Kier alpha value is -2.14. The maximum Gasteiger partial charge on any atom is 0.288 e. The van der Waals surface area contributed by atoms with E-state index < -0.39 is 4.92 Å². The molecule has 0 aliphatic heterocycles. The van der Waals surface area contributed by atoms with E-state index in [4.69, 9.17) is 16.3 Å². The van der Waals surface area contributed by atoms with Crippen LogP contribution in [0.2, 0.25) is 5.02 Å². The van der Waals surface area contributed by atoms with Gasteiger partial charge in [-0.25, -0.2) is 4.39 Å². The van der Waals surface area contributed by atoms with Gasteiger partial charge in [0.2, 0.25) is 0 Å². The number of nitrogens with zero attached hydrogens (tertiary/aromatic N) is 1. The Morgan fingerprint density at radius 1 is 1.30 bits per heavy atom. The van der Waals surface area contributed by atoms with Crippen molar-refractivity contribution in [2.45, 2.75) is 13.5 Å². The van der Waals surface area contributed by atoms with Gasteiger partial charge in [-0.1, -0.05) is 23.7 Å². The summed E-state index contributed by atoms with van der Waals surface area (Å²) in [5.74, 6) is 0.00953. The first-order valence-electron chi connectivity index (χ1n) is 5.79. The molecule has 0 spiro atoms. The molecule has 0 unspecified atom stereocenters. The standard InChI is InChI=1S/C14H11ClFNO3/c1-9-2-4-11(7-13(9)16)20-8-10-3-5-12(15)14(6-10)17(18)19/h2-7H,8H2,1H3. The van der Waals surface area contributed by atoms with Gasteiger partial charge in [-0.05, 0) is 30.2 Å². The van der Waals surface area contributed by atoms with Gasteiger partial charge in [-0.2, -0.15) is 0 Å². The molecule has 20 heavy (non-hydrogen) atoms. The first-order chi connectivity index (χ1) is 9.47. The monoisotopic (exact) mass is 295 g/mol. The SMILES string of the molecule is Cc1ccc(OCc2ccc(Cl)c([N+](=O)[O-])c2)cc1F. The van der Waals surface area contributed by atoms with Crippen molar-refractivity contribution in [1.82, 2.24) is 0 Å². The Morgan fingerprint density at radius 3 is 2.70 bits per heavy atom. The quantitative estimate of drug-likeness (QED) is 0.625. The van der Waals surface area contributed by atoms with Crippen molar-refractivity contribution in [1.29, 1.82) is 0 Å². The van der Waals surface area contributed by atoms with Crippen LogP contribution in [0.15, 0.2) is 36.4 Å². The Morgan fingerprint density at radius 2 is 2.05 bits per heavy atom. The highest BCUT2D eigenvalue weighted by Gasteiger charge is 2.13. The number of nitro benzene ring substituents is 1. The van der Waals surface area contributed by atoms with Crippen LogP contribution in [0.5, 0.6) is 5.75 Å². The predicted molar refractivity (Wildman–Crippen MR) is 73.6 cm³/mol. The van der Waals surface area contributed by atoms with Crippen LogP contribution in [0.3, 0.4) is 0 Å². The number of ether oxygens (including phenoxy) is 1. The molecule has 0 atom stereocenters. The van der Waals surface area contributed by atoms with Crippen LogP contribution in [0.25, 0.3) is 0 Å². The highest BCUT2D eigenvalue weighted by molar-refractivity contribution is 6.32. The maximum atomic E-state index is 13.3. The zero-order chi connectivity index (χ0) is 14.7. The van der Waals surface area contributed by atoms with Crippen LogP contribution >= 0.6 is 11.6 Å². The number of rotatable bonds is 4. The molecular weight excluding hydrogens is 285 g/mol. The van der Waals surface area contributed by atoms with E-state index >= 15 is 0 Å². The van der Waals surface area contributed by atoms with E-state index in [1.54, 1.807) is 25.1 Å². The summed E-state index contributed by atoms with van der Waals surface area (Å²) in [6.07, 6.45) is 0. The van der Waals surface area contributed by atoms with Gasteiger partial charge in [0.1, 0.15) is 23.2 Å². The van der Waals surface area contributed by atoms with Crippen molar-refractivity contribution < 1.29 is 14.1 Å². The summed E-state index contributed by atoms with van der Waals surface area (Å²) in [7, 11) is 0. The number of aryl methyl sites for hydroxylation is 1. The Labute approximate surface area is 119 Å². The zero-order valence-electron chi connectivity index (χ0n) is 10.6. The summed E-state index contributed by atoms with van der Waals surface area (Å²) in [6.45, 7) is 1.75. The fourth-order valence-corrected chi connectivity index (χ4v) is 1.80. The Kier molecular flexibility index (Phi) is 4.20. The fraction of sp³-hybridized carbons (Fsp3) is 0.143. The average molecular weight is 296 g/mol. The van der Waals surface area contributed by atoms with Gasteiger partial charge in [0.05, 0.1) is 4.92 Å². The van der Waals surface area contributed by atoms with Gasteiger partial charge in [0.25, 0.3) is 5.69 Å². The summed E-state index contributed by atoms with van der Waals surface area (Å²) < 4.78 is 18.7. The predicted octanol–water partition coefficient (Wildman–Crippen LogP) is 4.27. The minimum absolute atomic E-state index is 0.0696. The Balaban J connectivity index is 2.12. The second-order valence-corrected chi connectivity index (χ2v) is 4.65. The molecule has 0 aliphatic carbocycles. The number of hydrogen-bond acceptors (Lipinski definition) is 3. The van der Waals surface area contributed by atoms with Gasteiger partial charge in [0.15, 0.2) is 0 Å². The molecule has 104 valence electrons. The molecule has 2 aromatic carbocycles. The third kappa shape index (κ3) is 3.24. The first kappa shape index (κ1) is 14.3. The van der Waals surface area contributed by atoms with Crippen LogP contribution in [0, 0.1) is 22.9 Å². The summed E-state index contributed by atoms with van der Waals surface area (Å²) in [5.41, 5.74) is 0.935. The lowest BCUT2D eigenvalue weighted by atomic mass is 10.2. The van der Waals surface area contributed by atoms with Gasteiger partial charge < -0.3 is 4.74 Å². The van der Waals surface area contributed by atoms with Gasteiger partial charge >= 0.3 is 0 Å². The molecule has 4 nitrogen and oxygen atoms in total. The molecule has 0 saturated heterocycles. The molecule has 0 aliphatic rings. The normalized spacial score (nSPS) is 10.3. The lowest BCUT2D eigenvalue weighted by Crippen LogP contribution is -1.98. The molecular formula is C14H11ClFNO3. The van der Waals surface area contributed by atoms with Crippen molar-refractivity contribution in [2.75, 3.05) is 0 Å². The van der Waals surface area contributed by atoms with Crippen LogP contribution in [-0.2, 0) is 6.61 Å². The second kappa shape index (κ2) is 5.88. The van der Waals surface area contributed by atoms with Crippen molar-refractivity contribution in [3.05, 3.63) is 68.5 Å². The van der Waals surface area contributed by atoms with Crippen LogP contribution < -0.4 is 4.74 Å². The van der Waals surface area contributed by atoms with E-state index in [2.05, 4.69) is 0 Å². The smallest absolute Gasteiger partial charge is 0.288 e. The molecule has 0 saturated carbocycles. The van der Waals surface area contributed by atoms with Crippen LogP contribution in [-0.4, -0.2) is 4.92 Å². The molecule has 2 aromatic rings. The van der Waals surface area contributed by atoms with Gasteiger partial charge in [0, 0.05) is 12.1 Å². The summed E-state index contributed by atoms with van der Waals surface area (Å²) in [4.78, 5) is 10.2. The lowest BCUT2D eigenvalue weighted by molar-refractivity contribution is -0.384. The van der Waals surface area contributed by atoms with E-state index in [0.717, 1.165) is 0 Å². The number of nitro groups is 1. The van der Waals surface area contributed by atoms with E-state index in [-0.39, 0.29) is 23.1 Å². The van der Waals surface area contributed by atoms with Crippen molar-refractivity contribution in [3.8, 4) is 5.75 Å². The number of benzene rings is 2. The lowest BCUT2D eigenvalue weighted by Gasteiger charge is -2.07. The van der Waals surface area contributed by atoms with Gasteiger partial charge in [-0.15, -0.1) is 0 Å². The fourth-order valence-electron chi connectivity index (χ4n) is 1.62. The van der Waals surface area contributed by atoms with Crippen molar-refractivity contribution in [3.63, 3.8) is 0 Å². The highest BCUT2D eigenvalue weighted by Crippen LogP contribution is 2.26. The van der Waals surface area contributed by atoms with Crippen LogP contribution in [0.1, 0.15) is 11.1 Å². The maximum absolute atomic E-state index is 13.3. The Bertz CT molecular complexity index is 661. The molecule has 0 heterocycles. The van der Waals surface area contributed by atoms with E-state index in [9.17, 15) is 14.5 Å². The van der Waals surface area contributed by atoms with E-state index in [0.29, 0.717) is 16.9 Å². The summed E-state index contributed by atoms with van der Waals surface area (Å²) in [6, 6.07) is 8.93. The minimum Gasteiger partial charge on any atom is -0.489 e. The van der Waals surface area contributed by atoms with Crippen molar-refractivity contribution in [2.24, 2.45) is 0 Å². The molecule has 2 rings (SSSR count).